The Bertz CT molecular complexity index is 481. The van der Waals surface area contributed by atoms with E-state index < -0.39 is 0 Å². The van der Waals surface area contributed by atoms with Gasteiger partial charge in [-0.1, -0.05) is 52.7 Å². The number of hydrogen-bond acceptors (Lipinski definition) is 4. The molecule has 2 rings (SSSR count). The van der Waals surface area contributed by atoms with Crippen LogP contribution in [0.25, 0.3) is 0 Å². The second kappa shape index (κ2) is 11.4. The summed E-state index contributed by atoms with van der Waals surface area (Å²) < 4.78 is 0. The van der Waals surface area contributed by atoms with Crippen LogP contribution in [0.15, 0.2) is 12.2 Å². The molecule has 0 aromatic heterocycles. The van der Waals surface area contributed by atoms with Crippen molar-refractivity contribution >= 4 is 0 Å². The van der Waals surface area contributed by atoms with Crippen LogP contribution in [0.5, 0.6) is 0 Å². The largest absolute Gasteiger partial charge is 0.396 e. The van der Waals surface area contributed by atoms with Crippen molar-refractivity contribution in [3.05, 3.63) is 12.2 Å². The van der Waals surface area contributed by atoms with Gasteiger partial charge in [-0.15, -0.1) is 0 Å². The molecule has 176 valence electrons. The van der Waals surface area contributed by atoms with Gasteiger partial charge in [0.1, 0.15) is 0 Å². The third-order valence-electron chi connectivity index (χ3n) is 7.90. The normalized spacial score (nSPS) is 33.1. The zero-order valence-electron chi connectivity index (χ0n) is 19.9. The van der Waals surface area contributed by atoms with Crippen LogP contribution in [0.1, 0.15) is 91.9 Å². The Morgan fingerprint density at radius 1 is 0.667 bits per heavy atom. The van der Waals surface area contributed by atoms with Crippen LogP contribution in [0.4, 0.5) is 0 Å². The van der Waals surface area contributed by atoms with E-state index in [1.165, 1.54) is 0 Å². The average molecular weight is 425 g/mol. The van der Waals surface area contributed by atoms with Gasteiger partial charge in [0, 0.05) is 25.0 Å². The van der Waals surface area contributed by atoms with E-state index in [4.69, 9.17) is 0 Å². The predicted octanol–water partition coefficient (Wildman–Crippen LogP) is 4.69. The molecule has 6 atom stereocenters. The van der Waals surface area contributed by atoms with E-state index in [9.17, 15) is 20.4 Å². The highest BCUT2D eigenvalue weighted by Gasteiger charge is 2.35. The zero-order valence-corrected chi connectivity index (χ0v) is 19.9. The summed E-state index contributed by atoms with van der Waals surface area (Å²) in [5.41, 5.74) is -0.0439. The SMILES string of the molecule is CC(C)(CO)CCCC1CCC(/C=C\C2CCC(CCCC(C)(C)CO)C2O)C1O. The van der Waals surface area contributed by atoms with Gasteiger partial charge in [0.2, 0.25) is 0 Å². The summed E-state index contributed by atoms with van der Waals surface area (Å²) in [6.07, 6.45) is 14.2. The van der Waals surface area contributed by atoms with Gasteiger partial charge in [0.05, 0.1) is 12.2 Å². The van der Waals surface area contributed by atoms with Gasteiger partial charge in [-0.3, -0.25) is 0 Å². The van der Waals surface area contributed by atoms with Gasteiger partial charge in [0.25, 0.3) is 0 Å². The Balaban J connectivity index is 1.74. The molecule has 0 radical (unpaired) electrons. The molecular weight excluding hydrogens is 376 g/mol. The molecule has 0 heterocycles. The first kappa shape index (κ1) is 25.8. The highest BCUT2D eigenvalue weighted by molar-refractivity contribution is 5.04. The second-order valence-electron chi connectivity index (χ2n) is 11.8. The summed E-state index contributed by atoms with van der Waals surface area (Å²) in [5.74, 6) is 1.17. The lowest BCUT2D eigenvalue weighted by atomic mass is 9.85. The molecule has 4 heteroatoms. The topological polar surface area (TPSA) is 80.9 Å². The van der Waals surface area contributed by atoms with Gasteiger partial charge >= 0.3 is 0 Å². The molecule has 0 amide bonds. The summed E-state index contributed by atoms with van der Waals surface area (Å²) in [6.45, 7) is 8.81. The molecule has 30 heavy (non-hydrogen) atoms. The van der Waals surface area contributed by atoms with Crippen LogP contribution in [0, 0.1) is 34.5 Å². The Kier molecular flexibility index (Phi) is 9.86. The van der Waals surface area contributed by atoms with Crippen molar-refractivity contribution in [3.8, 4) is 0 Å². The minimum atomic E-state index is -0.270. The molecule has 2 aliphatic rings. The van der Waals surface area contributed by atoms with Crippen molar-refractivity contribution in [2.75, 3.05) is 13.2 Å². The van der Waals surface area contributed by atoms with Crippen LogP contribution in [0.2, 0.25) is 0 Å². The lowest BCUT2D eigenvalue weighted by Gasteiger charge is -2.24. The van der Waals surface area contributed by atoms with Gasteiger partial charge in [0.15, 0.2) is 0 Å². The van der Waals surface area contributed by atoms with E-state index in [0.29, 0.717) is 11.8 Å². The maximum absolute atomic E-state index is 10.8. The molecule has 4 N–H and O–H groups in total. The van der Waals surface area contributed by atoms with Crippen LogP contribution < -0.4 is 0 Å². The van der Waals surface area contributed by atoms with Crippen molar-refractivity contribution in [2.24, 2.45) is 34.5 Å². The summed E-state index contributed by atoms with van der Waals surface area (Å²) >= 11 is 0. The molecule has 0 aromatic rings. The quantitative estimate of drug-likeness (QED) is 0.343. The Labute approximate surface area is 184 Å². The first-order valence-electron chi connectivity index (χ1n) is 12.3. The molecule has 0 aromatic carbocycles. The molecule has 2 aliphatic carbocycles. The summed E-state index contributed by atoms with van der Waals surface area (Å²) in [4.78, 5) is 0. The van der Waals surface area contributed by atoms with Crippen molar-refractivity contribution in [2.45, 2.75) is 104 Å². The number of aliphatic hydroxyl groups is 4. The lowest BCUT2D eigenvalue weighted by molar-refractivity contribution is 0.0915. The number of hydrogen-bond donors (Lipinski definition) is 4. The van der Waals surface area contributed by atoms with Crippen LogP contribution >= 0.6 is 0 Å². The van der Waals surface area contributed by atoms with Gasteiger partial charge < -0.3 is 20.4 Å². The van der Waals surface area contributed by atoms with Crippen LogP contribution in [-0.2, 0) is 0 Å². The van der Waals surface area contributed by atoms with Crippen LogP contribution in [0.3, 0.4) is 0 Å². The molecule has 2 fully saturated rings. The molecule has 0 spiro atoms. The van der Waals surface area contributed by atoms with Crippen molar-refractivity contribution < 1.29 is 20.4 Å². The number of aliphatic hydroxyl groups excluding tert-OH is 4. The minimum absolute atomic E-state index is 0.0220. The number of rotatable bonds is 12. The van der Waals surface area contributed by atoms with Gasteiger partial charge in [-0.2, -0.15) is 0 Å². The van der Waals surface area contributed by atoms with E-state index >= 15 is 0 Å². The van der Waals surface area contributed by atoms with Crippen molar-refractivity contribution in [1.29, 1.82) is 0 Å². The average Bonchev–Trinajstić information content (AvgIpc) is 3.23. The maximum Gasteiger partial charge on any atom is 0.0630 e. The fraction of sp³-hybridized carbons (Fsp3) is 0.923. The lowest BCUT2D eigenvalue weighted by Crippen LogP contribution is -2.23. The van der Waals surface area contributed by atoms with E-state index in [0.717, 1.165) is 64.2 Å². The van der Waals surface area contributed by atoms with E-state index in [1.54, 1.807) is 0 Å². The molecule has 4 nitrogen and oxygen atoms in total. The third kappa shape index (κ3) is 7.62. The van der Waals surface area contributed by atoms with Crippen LogP contribution in [-0.4, -0.2) is 45.8 Å². The van der Waals surface area contributed by atoms with Crippen molar-refractivity contribution in [3.63, 3.8) is 0 Å². The highest BCUT2D eigenvalue weighted by Crippen LogP contribution is 2.39. The standard InChI is InChI=1S/C26H48O4/c1-25(2,17-27)15-5-7-19-9-11-21(23(19)29)13-14-22-12-10-20(24(22)30)8-6-16-26(3,4)18-28/h13-14,19-24,27-30H,5-12,15-18H2,1-4H3/b14-13-. The Hall–Kier alpha value is -0.420. The molecular formula is C26H48O4. The van der Waals surface area contributed by atoms with E-state index in [1.807, 2.05) is 0 Å². The first-order chi connectivity index (χ1) is 14.1. The fourth-order valence-electron chi connectivity index (χ4n) is 5.37. The molecule has 0 aliphatic heterocycles. The third-order valence-corrected chi connectivity index (χ3v) is 7.90. The van der Waals surface area contributed by atoms with E-state index in [-0.39, 0.29) is 48.1 Å². The monoisotopic (exact) mass is 424 g/mol. The summed E-state index contributed by atoms with van der Waals surface area (Å²) in [7, 11) is 0. The highest BCUT2D eigenvalue weighted by atomic mass is 16.3. The van der Waals surface area contributed by atoms with Gasteiger partial charge in [-0.05, 0) is 74.0 Å². The molecule has 6 unspecified atom stereocenters. The second-order valence-corrected chi connectivity index (χ2v) is 11.8. The minimum Gasteiger partial charge on any atom is -0.396 e. The first-order valence-corrected chi connectivity index (χ1v) is 12.3. The molecule has 2 saturated carbocycles. The summed E-state index contributed by atoms with van der Waals surface area (Å²) in [6, 6.07) is 0. The van der Waals surface area contributed by atoms with Crippen molar-refractivity contribution in [1.82, 2.24) is 0 Å². The fourth-order valence-corrected chi connectivity index (χ4v) is 5.37. The maximum atomic E-state index is 10.8. The smallest absolute Gasteiger partial charge is 0.0630 e. The Morgan fingerprint density at radius 3 is 1.37 bits per heavy atom. The summed E-state index contributed by atoms with van der Waals surface area (Å²) in [5, 5.41) is 40.3. The zero-order chi connectivity index (χ0) is 22.4. The Morgan fingerprint density at radius 2 is 1.03 bits per heavy atom. The predicted molar refractivity (Wildman–Crippen MR) is 123 cm³/mol. The van der Waals surface area contributed by atoms with Gasteiger partial charge in [-0.25, -0.2) is 0 Å². The molecule has 0 saturated heterocycles. The molecule has 0 bridgehead atoms. The van der Waals surface area contributed by atoms with E-state index in [2.05, 4.69) is 39.8 Å².